The van der Waals surface area contributed by atoms with Gasteiger partial charge in [-0.25, -0.2) is 0 Å². The second-order valence-corrected chi connectivity index (χ2v) is 5.72. The van der Waals surface area contributed by atoms with Gasteiger partial charge in [0.1, 0.15) is 5.75 Å². The largest absolute Gasteiger partial charge is 0.493 e. The Kier molecular flexibility index (Phi) is 5.83. The lowest BCUT2D eigenvalue weighted by atomic mass is 9.98. The number of nitrogens with two attached hydrogens (primary N) is 1. The molecule has 112 valence electrons. The Hall–Kier alpha value is -1.10. The number of nitrogens with zero attached hydrogens (tertiary/aromatic N) is 1. The van der Waals surface area contributed by atoms with Gasteiger partial charge in [-0.2, -0.15) is 0 Å². The molecule has 3 N–H and O–H groups in total. The first-order valence-corrected chi connectivity index (χ1v) is 7.48. The second kappa shape index (κ2) is 7.62. The first kappa shape index (κ1) is 15.3. The molecule has 0 spiro atoms. The van der Waals surface area contributed by atoms with Crippen LogP contribution in [0, 0.1) is 5.92 Å². The Bertz CT molecular complexity index is 403. The van der Waals surface area contributed by atoms with E-state index in [0.29, 0.717) is 18.9 Å². The standard InChI is InChI=1S/C16H26N2O2/c1-18-9-6-13(7-10-18)12-20-15-4-2-3-14(11-15)16(19)5-8-17/h2-4,11,13,16,19H,5-10,12,17H2,1H3/t16-/m1/s1. The molecule has 0 saturated carbocycles. The van der Waals surface area contributed by atoms with Crippen LogP contribution in [0.25, 0.3) is 0 Å². The van der Waals surface area contributed by atoms with E-state index >= 15 is 0 Å². The molecule has 1 aliphatic rings. The molecule has 1 saturated heterocycles. The molecule has 1 aromatic carbocycles. The van der Waals surface area contributed by atoms with Crippen molar-refractivity contribution in [2.75, 3.05) is 33.3 Å². The van der Waals surface area contributed by atoms with Crippen LogP contribution < -0.4 is 10.5 Å². The number of hydrogen-bond donors (Lipinski definition) is 2. The zero-order valence-corrected chi connectivity index (χ0v) is 12.3. The second-order valence-electron chi connectivity index (χ2n) is 5.72. The minimum atomic E-state index is -0.494. The zero-order chi connectivity index (χ0) is 14.4. The van der Waals surface area contributed by atoms with Crippen molar-refractivity contribution < 1.29 is 9.84 Å². The maximum Gasteiger partial charge on any atom is 0.119 e. The summed E-state index contributed by atoms with van der Waals surface area (Å²) < 4.78 is 5.89. The van der Waals surface area contributed by atoms with Gasteiger partial charge in [-0.3, -0.25) is 0 Å². The molecule has 0 amide bonds. The van der Waals surface area contributed by atoms with E-state index in [9.17, 15) is 5.11 Å². The number of benzene rings is 1. The molecule has 4 nitrogen and oxygen atoms in total. The van der Waals surface area contributed by atoms with Gasteiger partial charge >= 0.3 is 0 Å². The summed E-state index contributed by atoms with van der Waals surface area (Å²) in [6, 6.07) is 7.73. The molecule has 0 aromatic heterocycles. The maximum absolute atomic E-state index is 9.95. The van der Waals surface area contributed by atoms with Gasteiger partial charge in [0.25, 0.3) is 0 Å². The van der Waals surface area contributed by atoms with Gasteiger partial charge in [0, 0.05) is 0 Å². The summed E-state index contributed by atoms with van der Waals surface area (Å²) >= 11 is 0. The summed E-state index contributed by atoms with van der Waals surface area (Å²) in [5.74, 6) is 1.49. The predicted molar refractivity (Wildman–Crippen MR) is 80.8 cm³/mol. The number of aliphatic hydroxyl groups is 1. The minimum absolute atomic E-state index is 0.488. The monoisotopic (exact) mass is 278 g/mol. The third-order valence-electron chi connectivity index (χ3n) is 4.01. The first-order valence-electron chi connectivity index (χ1n) is 7.48. The van der Waals surface area contributed by atoms with Crippen molar-refractivity contribution in [2.45, 2.75) is 25.4 Å². The van der Waals surface area contributed by atoms with E-state index in [1.807, 2.05) is 24.3 Å². The van der Waals surface area contributed by atoms with Gasteiger partial charge in [0.15, 0.2) is 0 Å². The summed E-state index contributed by atoms with van der Waals surface area (Å²) in [7, 11) is 2.17. The summed E-state index contributed by atoms with van der Waals surface area (Å²) in [6.07, 6.45) is 2.49. The van der Waals surface area contributed by atoms with E-state index in [0.717, 1.165) is 31.0 Å². The van der Waals surface area contributed by atoms with E-state index in [-0.39, 0.29) is 0 Å². The molecule has 1 aromatic rings. The average molecular weight is 278 g/mol. The zero-order valence-electron chi connectivity index (χ0n) is 12.3. The van der Waals surface area contributed by atoms with E-state index in [4.69, 9.17) is 10.5 Å². The lowest BCUT2D eigenvalue weighted by molar-refractivity contribution is 0.157. The average Bonchev–Trinajstić information content (AvgIpc) is 2.47. The van der Waals surface area contributed by atoms with Crippen molar-refractivity contribution in [3.8, 4) is 5.75 Å². The van der Waals surface area contributed by atoms with Crippen LogP contribution >= 0.6 is 0 Å². The van der Waals surface area contributed by atoms with Crippen molar-refractivity contribution in [3.05, 3.63) is 29.8 Å². The smallest absolute Gasteiger partial charge is 0.119 e. The Morgan fingerprint density at radius 1 is 1.40 bits per heavy atom. The number of likely N-dealkylation sites (tertiary alicyclic amines) is 1. The minimum Gasteiger partial charge on any atom is -0.493 e. The highest BCUT2D eigenvalue weighted by atomic mass is 16.5. The molecule has 20 heavy (non-hydrogen) atoms. The van der Waals surface area contributed by atoms with Gasteiger partial charge in [0.2, 0.25) is 0 Å². The summed E-state index contributed by atoms with van der Waals surface area (Å²) in [6.45, 7) is 3.57. The van der Waals surface area contributed by atoms with Crippen LogP contribution in [0.4, 0.5) is 0 Å². The van der Waals surface area contributed by atoms with Crippen LogP contribution in [0.2, 0.25) is 0 Å². The number of hydrogen-bond acceptors (Lipinski definition) is 4. The van der Waals surface area contributed by atoms with Gasteiger partial charge in [0.05, 0.1) is 12.7 Å². The fourth-order valence-corrected chi connectivity index (χ4v) is 2.58. The number of rotatable bonds is 6. The van der Waals surface area contributed by atoms with E-state index < -0.39 is 6.10 Å². The van der Waals surface area contributed by atoms with Crippen LogP contribution in [0.3, 0.4) is 0 Å². The molecular formula is C16H26N2O2. The quantitative estimate of drug-likeness (QED) is 0.833. The van der Waals surface area contributed by atoms with Crippen molar-refractivity contribution in [3.63, 3.8) is 0 Å². The maximum atomic E-state index is 9.95. The van der Waals surface area contributed by atoms with Gasteiger partial charge in [-0.1, -0.05) is 12.1 Å². The van der Waals surface area contributed by atoms with Crippen molar-refractivity contribution in [2.24, 2.45) is 11.7 Å². The molecule has 4 heteroatoms. The molecule has 1 atom stereocenters. The Balaban J connectivity index is 1.85. The van der Waals surface area contributed by atoms with Gasteiger partial charge in [-0.05, 0) is 69.6 Å². The van der Waals surface area contributed by atoms with Gasteiger partial charge < -0.3 is 20.5 Å². The van der Waals surface area contributed by atoms with E-state index in [2.05, 4.69) is 11.9 Å². The van der Waals surface area contributed by atoms with Gasteiger partial charge in [-0.15, -0.1) is 0 Å². The third kappa shape index (κ3) is 4.47. The topological polar surface area (TPSA) is 58.7 Å². The predicted octanol–water partition coefficient (Wildman–Crippen LogP) is 1.79. The molecule has 2 rings (SSSR count). The number of piperidine rings is 1. The lowest BCUT2D eigenvalue weighted by Crippen LogP contribution is -2.32. The summed E-state index contributed by atoms with van der Waals surface area (Å²) in [5, 5.41) is 9.95. The van der Waals surface area contributed by atoms with E-state index in [1.54, 1.807) is 0 Å². The molecule has 1 heterocycles. The third-order valence-corrected chi connectivity index (χ3v) is 4.01. The Labute approximate surface area is 121 Å². The highest BCUT2D eigenvalue weighted by Gasteiger charge is 2.17. The van der Waals surface area contributed by atoms with Crippen LogP contribution in [-0.4, -0.2) is 43.3 Å². The molecular weight excluding hydrogens is 252 g/mol. The fraction of sp³-hybridized carbons (Fsp3) is 0.625. The van der Waals surface area contributed by atoms with Crippen molar-refractivity contribution >= 4 is 0 Å². The van der Waals surface area contributed by atoms with Crippen molar-refractivity contribution in [1.82, 2.24) is 4.90 Å². The highest BCUT2D eigenvalue weighted by Crippen LogP contribution is 2.23. The van der Waals surface area contributed by atoms with Crippen molar-refractivity contribution in [1.29, 1.82) is 0 Å². The molecule has 1 aliphatic heterocycles. The SMILES string of the molecule is CN1CCC(COc2cccc([C@H](O)CCN)c2)CC1. The van der Waals surface area contributed by atoms with Crippen LogP contribution in [0.15, 0.2) is 24.3 Å². The summed E-state index contributed by atoms with van der Waals surface area (Å²) in [4.78, 5) is 2.36. The van der Waals surface area contributed by atoms with Crippen LogP contribution in [-0.2, 0) is 0 Å². The molecule has 1 fully saturated rings. The highest BCUT2D eigenvalue weighted by molar-refractivity contribution is 5.29. The Morgan fingerprint density at radius 3 is 2.85 bits per heavy atom. The number of ether oxygens (including phenoxy) is 1. The molecule has 0 aliphatic carbocycles. The van der Waals surface area contributed by atoms with E-state index in [1.165, 1.54) is 12.8 Å². The normalized spacial score (nSPS) is 18.9. The van der Waals surface area contributed by atoms with Crippen LogP contribution in [0.1, 0.15) is 30.9 Å². The lowest BCUT2D eigenvalue weighted by Gasteiger charge is -2.28. The molecule has 0 radical (unpaired) electrons. The summed E-state index contributed by atoms with van der Waals surface area (Å²) in [5.41, 5.74) is 6.36. The first-order chi connectivity index (χ1) is 9.69. The molecule has 0 bridgehead atoms. The van der Waals surface area contributed by atoms with Crippen LogP contribution in [0.5, 0.6) is 5.75 Å². The Morgan fingerprint density at radius 2 is 2.15 bits per heavy atom. The number of aliphatic hydroxyl groups excluding tert-OH is 1. The fourth-order valence-electron chi connectivity index (χ4n) is 2.58. The molecule has 0 unspecified atom stereocenters.